The summed E-state index contributed by atoms with van der Waals surface area (Å²) in [5, 5.41) is 2.43. The van der Waals surface area contributed by atoms with E-state index in [1.54, 1.807) is 9.80 Å². The van der Waals surface area contributed by atoms with Crippen LogP contribution in [-0.2, 0) is 4.79 Å². The van der Waals surface area contributed by atoms with E-state index in [0.717, 1.165) is 12.1 Å². The monoisotopic (exact) mass is 379 g/mol. The molecule has 1 N–H and O–H groups in total. The number of piperazine rings is 1. The Kier molecular flexibility index (Phi) is 5.24. The summed E-state index contributed by atoms with van der Waals surface area (Å²) in [7, 11) is 0. The summed E-state index contributed by atoms with van der Waals surface area (Å²) >= 11 is 0. The molecule has 0 aliphatic carbocycles. The first-order chi connectivity index (χ1) is 12.9. The van der Waals surface area contributed by atoms with Gasteiger partial charge in [0, 0.05) is 39.3 Å². The van der Waals surface area contributed by atoms with E-state index in [1.807, 2.05) is 0 Å². The van der Waals surface area contributed by atoms with Gasteiger partial charge < -0.3 is 15.1 Å². The molecule has 1 aliphatic rings. The highest BCUT2D eigenvalue weighted by Gasteiger charge is 2.24. The van der Waals surface area contributed by atoms with Gasteiger partial charge in [-0.2, -0.15) is 0 Å². The van der Waals surface area contributed by atoms with Crippen LogP contribution in [-0.4, -0.2) is 57.8 Å². The summed E-state index contributed by atoms with van der Waals surface area (Å²) in [4.78, 5) is 35.0. The standard InChI is InChI=1S/C17H16F3N5O2/c1-10(26)24-6-8-25(9-7-24)16(27)13-4-5-21-17(23-13)22-12-3-2-11(18)14(19)15(12)20/h2-5H,6-9H2,1H3,(H,21,22,23). The van der Waals surface area contributed by atoms with E-state index >= 15 is 0 Å². The number of nitrogens with zero attached hydrogens (tertiary/aromatic N) is 4. The Labute approximate surface area is 152 Å². The van der Waals surface area contributed by atoms with Gasteiger partial charge in [-0.25, -0.2) is 23.1 Å². The smallest absolute Gasteiger partial charge is 0.272 e. The Balaban J connectivity index is 1.73. The molecule has 10 heteroatoms. The Hall–Kier alpha value is -3.17. The number of amides is 2. The van der Waals surface area contributed by atoms with Crippen molar-refractivity contribution in [1.29, 1.82) is 0 Å². The van der Waals surface area contributed by atoms with E-state index in [-0.39, 0.29) is 29.1 Å². The van der Waals surface area contributed by atoms with Crippen molar-refractivity contribution in [2.45, 2.75) is 6.92 Å². The molecule has 0 radical (unpaired) electrons. The molecule has 1 aromatic carbocycles. The number of aromatic nitrogens is 2. The molecule has 1 fully saturated rings. The Morgan fingerprint density at radius 3 is 2.33 bits per heavy atom. The topological polar surface area (TPSA) is 78.4 Å². The number of benzene rings is 1. The highest BCUT2D eigenvalue weighted by molar-refractivity contribution is 5.92. The van der Waals surface area contributed by atoms with Gasteiger partial charge in [-0.15, -0.1) is 0 Å². The summed E-state index contributed by atoms with van der Waals surface area (Å²) in [6.07, 6.45) is 1.30. The third-order valence-electron chi connectivity index (χ3n) is 4.17. The fraction of sp³-hybridized carbons (Fsp3) is 0.294. The quantitative estimate of drug-likeness (QED) is 0.825. The average Bonchev–Trinajstić information content (AvgIpc) is 2.68. The normalized spacial score (nSPS) is 14.2. The van der Waals surface area contributed by atoms with Crippen LogP contribution in [0.25, 0.3) is 0 Å². The van der Waals surface area contributed by atoms with Gasteiger partial charge in [-0.3, -0.25) is 9.59 Å². The first-order valence-corrected chi connectivity index (χ1v) is 8.15. The molecule has 1 saturated heterocycles. The Morgan fingerprint density at radius 1 is 1.00 bits per heavy atom. The number of anilines is 2. The lowest BCUT2D eigenvalue weighted by molar-refractivity contribution is -0.130. The molecule has 0 bridgehead atoms. The number of nitrogens with one attached hydrogen (secondary N) is 1. The molecule has 0 spiro atoms. The predicted molar refractivity (Wildman–Crippen MR) is 89.8 cm³/mol. The molecule has 7 nitrogen and oxygen atoms in total. The van der Waals surface area contributed by atoms with Crippen LogP contribution < -0.4 is 5.32 Å². The van der Waals surface area contributed by atoms with Gasteiger partial charge in [-0.1, -0.05) is 0 Å². The first kappa shape index (κ1) is 18.6. The van der Waals surface area contributed by atoms with Crippen LogP contribution in [0, 0.1) is 17.5 Å². The fourth-order valence-corrected chi connectivity index (χ4v) is 2.67. The number of hydrogen-bond donors (Lipinski definition) is 1. The van der Waals surface area contributed by atoms with Crippen LogP contribution in [0.15, 0.2) is 24.4 Å². The lowest BCUT2D eigenvalue weighted by atomic mass is 10.2. The molecule has 142 valence electrons. The number of halogens is 3. The summed E-state index contributed by atoms with van der Waals surface area (Å²) in [5.74, 6) is -4.88. The number of hydrogen-bond acceptors (Lipinski definition) is 5. The number of rotatable bonds is 3. The summed E-state index contributed by atoms with van der Waals surface area (Å²) in [6, 6.07) is 3.17. The van der Waals surface area contributed by atoms with Gasteiger partial charge in [0.1, 0.15) is 5.69 Å². The van der Waals surface area contributed by atoms with Crippen LogP contribution in [0.2, 0.25) is 0 Å². The van der Waals surface area contributed by atoms with Crippen molar-refractivity contribution in [3.63, 3.8) is 0 Å². The lowest BCUT2D eigenvalue weighted by Gasteiger charge is -2.34. The van der Waals surface area contributed by atoms with Crippen molar-refractivity contribution < 1.29 is 22.8 Å². The highest BCUT2D eigenvalue weighted by Crippen LogP contribution is 2.22. The highest BCUT2D eigenvalue weighted by atomic mass is 19.2. The van der Waals surface area contributed by atoms with Crippen molar-refractivity contribution >= 4 is 23.5 Å². The maximum absolute atomic E-state index is 13.8. The zero-order chi connectivity index (χ0) is 19.6. The third kappa shape index (κ3) is 3.99. The Morgan fingerprint density at radius 2 is 1.67 bits per heavy atom. The molecule has 2 aromatic rings. The molecule has 2 heterocycles. The predicted octanol–water partition coefficient (Wildman–Crippen LogP) is 1.94. The molecule has 1 aromatic heterocycles. The minimum Gasteiger partial charge on any atom is -0.339 e. The minimum absolute atomic E-state index is 0.0517. The number of carbonyl (C=O) groups is 2. The second-order valence-electron chi connectivity index (χ2n) is 5.91. The van der Waals surface area contributed by atoms with E-state index in [2.05, 4.69) is 15.3 Å². The number of carbonyl (C=O) groups excluding carboxylic acids is 2. The van der Waals surface area contributed by atoms with E-state index in [4.69, 9.17) is 0 Å². The van der Waals surface area contributed by atoms with Gasteiger partial charge in [0.2, 0.25) is 11.9 Å². The molecule has 27 heavy (non-hydrogen) atoms. The molecule has 1 aliphatic heterocycles. The van der Waals surface area contributed by atoms with Gasteiger partial charge in [-0.05, 0) is 18.2 Å². The largest absolute Gasteiger partial charge is 0.339 e. The summed E-state index contributed by atoms with van der Waals surface area (Å²) < 4.78 is 40.1. The van der Waals surface area contributed by atoms with Crippen molar-refractivity contribution in [2.75, 3.05) is 31.5 Å². The van der Waals surface area contributed by atoms with Crippen molar-refractivity contribution in [1.82, 2.24) is 19.8 Å². The maximum Gasteiger partial charge on any atom is 0.272 e. The summed E-state index contributed by atoms with van der Waals surface area (Å²) in [5.41, 5.74) is -0.291. The van der Waals surface area contributed by atoms with Gasteiger partial charge in [0.05, 0.1) is 5.69 Å². The molecule has 3 rings (SSSR count). The van der Waals surface area contributed by atoms with E-state index < -0.39 is 17.5 Å². The van der Waals surface area contributed by atoms with Gasteiger partial charge in [0.25, 0.3) is 5.91 Å². The van der Waals surface area contributed by atoms with Crippen molar-refractivity contribution in [3.8, 4) is 0 Å². The SMILES string of the molecule is CC(=O)N1CCN(C(=O)c2ccnc(Nc3ccc(F)c(F)c3F)n2)CC1. The third-order valence-corrected chi connectivity index (χ3v) is 4.17. The van der Waals surface area contributed by atoms with Crippen LogP contribution >= 0.6 is 0 Å². The first-order valence-electron chi connectivity index (χ1n) is 8.15. The Bertz CT molecular complexity index is 885. The lowest BCUT2D eigenvalue weighted by Crippen LogP contribution is -2.50. The van der Waals surface area contributed by atoms with E-state index in [9.17, 15) is 22.8 Å². The average molecular weight is 379 g/mol. The van der Waals surface area contributed by atoms with Crippen molar-refractivity contribution in [3.05, 3.63) is 47.5 Å². The zero-order valence-corrected chi connectivity index (χ0v) is 14.4. The van der Waals surface area contributed by atoms with Gasteiger partial charge in [0.15, 0.2) is 17.5 Å². The molecule has 0 unspecified atom stereocenters. The second kappa shape index (κ2) is 7.60. The van der Waals surface area contributed by atoms with Crippen molar-refractivity contribution in [2.24, 2.45) is 0 Å². The summed E-state index contributed by atoms with van der Waals surface area (Å²) in [6.45, 7) is 3.05. The van der Waals surface area contributed by atoms with Crippen LogP contribution in [0.5, 0.6) is 0 Å². The molecular formula is C17H16F3N5O2. The molecule has 2 amide bonds. The van der Waals surface area contributed by atoms with Crippen LogP contribution in [0.1, 0.15) is 17.4 Å². The van der Waals surface area contributed by atoms with E-state index in [1.165, 1.54) is 19.2 Å². The molecule has 0 atom stereocenters. The second-order valence-corrected chi connectivity index (χ2v) is 5.91. The fourth-order valence-electron chi connectivity index (χ4n) is 2.67. The van der Waals surface area contributed by atoms with Crippen LogP contribution in [0.4, 0.5) is 24.8 Å². The van der Waals surface area contributed by atoms with Gasteiger partial charge >= 0.3 is 0 Å². The maximum atomic E-state index is 13.8. The minimum atomic E-state index is -1.62. The zero-order valence-electron chi connectivity index (χ0n) is 14.4. The molecule has 0 saturated carbocycles. The van der Waals surface area contributed by atoms with E-state index in [0.29, 0.717) is 26.2 Å². The molecular weight excluding hydrogens is 363 g/mol. The van der Waals surface area contributed by atoms with Crippen LogP contribution in [0.3, 0.4) is 0 Å².